The fraction of sp³-hybridized carbons (Fsp3) is 0.625. The zero-order valence-corrected chi connectivity index (χ0v) is 12.2. The van der Waals surface area contributed by atoms with Crippen molar-refractivity contribution in [2.45, 2.75) is 13.1 Å². The second kappa shape index (κ2) is 6.28. The minimum Gasteiger partial charge on any atom is -0.480 e. The predicted octanol–water partition coefficient (Wildman–Crippen LogP) is -2.17. The molecule has 0 saturated carbocycles. The van der Waals surface area contributed by atoms with Crippen LogP contribution in [0.3, 0.4) is 0 Å². The maximum absolute atomic E-state index is 11.5. The van der Waals surface area contributed by atoms with E-state index < -0.39 is 37.3 Å². The highest BCUT2D eigenvalue weighted by Gasteiger charge is 2.15. The molecular formula is C8H14N4O6S2. The van der Waals surface area contributed by atoms with Crippen LogP contribution in [0.2, 0.25) is 0 Å². The van der Waals surface area contributed by atoms with Gasteiger partial charge in [0.1, 0.15) is 16.4 Å². The van der Waals surface area contributed by atoms with Crippen LogP contribution in [0.1, 0.15) is 5.69 Å². The van der Waals surface area contributed by atoms with Gasteiger partial charge >= 0.3 is 5.97 Å². The first kappa shape index (κ1) is 16.5. The van der Waals surface area contributed by atoms with Crippen molar-refractivity contribution in [3.05, 3.63) is 11.9 Å². The summed E-state index contributed by atoms with van der Waals surface area (Å²) in [6.07, 6.45) is 2.23. The van der Waals surface area contributed by atoms with Gasteiger partial charge in [-0.2, -0.15) is 0 Å². The van der Waals surface area contributed by atoms with Gasteiger partial charge in [0.2, 0.25) is 10.0 Å². The summed E-state index contributed by atoms with van der Waals surface area (Å²) in [6, 6.07) is 0. The molecule has 114 valence electrons. The number of hydrogen-bond donors (Lipinski definition) is 2. The highest BCUT2D eigenvalue weighted by Crippen LogP contribution is 1.96. The molecule has 10 nitrogen and oxygen atoms in total. The summed E-state index contributed by atoms with van der Waals surface area (Å²) in [6.45, 7) is -0.570. The summed E-state index contributed by atoms with van der Waals surface area (Å²) < 4.78 is 48.0. The van der Waals surface area contributed by atoms with Crippen molar-refractivity contribution in [2.75, 3.05) is 17.8 Å². The molecule has 1 aromatic heterocycles. The molecule has 0 atom stereocenters. The summed E-state index contributed by atoms with van der Waals surface area (Å²) in [5.41, 5.74) is 0.231. The first-order valence-electron chi connectivity index (χ1n) is 5.33. The van der Waals surface area contributed by atoms with E-state index in [1.807, 2.05) is 0 Å². The van der Waals surface area contributed by atoms with Gasteiger partial charge in [0, 0.05) is 6.26 Å². The smallest absolute Gasteiger partial charge is 0.325 e. The van der Waals surface area contributed by atoms with E-state index in [9.17, 15) is 21.6 Å². The molecule has 0 aliphatic heterocycles. The van der Waals surface area contributed by atoms with E-state index in [1.54, 1.807) is 0 Å². The molecule has 2 N–H and O–H groups in total. The number of aliphatic carboxylic acids is 1. The van der Waals surface area contributed by atoms with Crippen LogP contribution in [-0.2, 0) is 37.7 Å². The second-order valence-corrected chi connectivity index (χ2v) is 8.26. The largest absolute Gasteiger partial charge is 0.480 e. The predicted molar refractivity (Wildman–Crippen MR) is 68.0 cm³/mol. The Kier molecular flexibility index (Phi) is 5.19. The molecule has 0 radical (unpaired) electrons. The highest BCUT2D eigenvalue weighted by atomic mass is 32.2. The maximum Gasteiger partial charge on any atom is 0.325 e. The fourth-order valence-electron chi connectivity index (χ4n) is 1.15. The number of hydrogen-bond acceptors (Lipinski definition) is 7. The number of nitrogens with zero attached hydrogens (tertiary/aromatic N) is 3. The van der Waals surface area contributed by atoms with Crippen LogP contribution in [0.5, 0.6) is 0 Å². The Morgan fingerprint density at radius 2 is 2.00 bits per heavy atom. The molecule has 12 heteroatoms. The zero-order chi connectivity index (χ0) is 15.4. The number of carboxylic acid groups (broad SMARTS) is 1. The average molecular weight is 326 g/mol. The molecule has 1 heterocycles. The summed E-state index contributed by atoms with van der Waals surface area (Å²) in [7, 11) is -7.12. The van der Waals surface area contributed by atoms with Gasteiger partial charge in [-0.25, -0.2) is 26.2 Å². The number of nitrogens with one attached hydrogen (secondary N) is 1. The molecule has 0 bridgehead atoms. The zero-order valence-electron chi connectivity index (χ0n) is 10.6. The first-order valence-corrected chi connectivity index (χ1v) is 9.04. The first-order chi connectivity index (χ1) is 9.07. The van der Waals surface area contributed by atoms with Crippen molar-refractivity contribution >= 4 is 25.8 Å². The third-order valence-corrected chi connectivity index (χ3v) is 4.61. The molecule has 20 heavy (non-hydrogen) atoms. The van der Waals surface area contributed by atoms with Crippen LogP contribution >= 0.6 is 0 Å². The number of aromatic nitrogens is 3. The van der Waals surface area contributed by atoms with Crippen LogP contribution in [0.25, 0.3) is 0 Å². The van der Waals surface area contributed by atoms with Crippen LogP contribution in [0, 0.1) is 0 Å². The molecule has 0 amide bonds. The molecule has 0 spiro atoms. The molecule has 0 fully saturated rings. The van der Waals surface area contributed by atoms with Gasteiger partial charge in [0.15, 0.2) is 0 Å². The molecule has 0 aliphatic rings. The third kappa shape index (κ3) is 6.58. The highest BCUT2D eigenvalue weighted by molar-refractivity contribution is 7.93. The van der Waals surface area contributed by atoms with E-state index in [4.69, 9.17) is 5.11 Å². The quantitative estimate of drug-likeness (QED) is 0.548. The third-order valence-electron chi connectivity index (χ3n) is 2.08. The topological polar surface area (TPSA) is 148 Å². The van der Waals surface area contributed by atoms with Crippen molar-refractivity contribution in [1.82, 2.24) is 19.7 Å². The minimum atomic E-state index is -3.75. The Balaban J connectivity index is 2.53. The van der Waals surface area contributed by atoms with E-state index >= 15 is 0 Å². The molecule has 0 aliphatic carbocycles. The van der Waals surface area contributed by atoms with Crippen molar-refractivity contribution in [2.24, 2.45) is 0 Å². The van der Waals surface area contributed by atoms with Gasteiger partial charge in [-0.15, -0.1) is 5.10 Å². The number of rotatable bonds is 8. The summed E-state index contributed by atoms with van der Waals surface area (Å²) >= 11 is 0. The van der Waals surface area contributed by atoms with Crippen molar-refractivity contribution in [3.8, 4) is 0 Å². The van der Waals surface area contributed by atoms with Crippen molar-refractivity contribution in [1.29, 1.82) is 0 Å². The van der Waals surface area contributed by atoms with Crippen LogP contribution in [0.15, 0.2) is 6.20 Å². The lowest BCUT2D eigenvalue weighted by Gasteiger charge is -2.03. The number of sulfonamides is 1. The average Bonchev–Trinajstić information content (AvgIpc) is 2.70. The molecule has 0 aromatic carbocycles. The van der Waals surface area contributed by atoms with Crippen molar-refractivity contribution in [3.63, 3.8) is 0 Å². The lowest BCUT2D eigenvalue weighted by molar-refractivity contribution is -0.137. The van der Waals surface area contributed by atoms with Gasteiger partial charge in [-0.05, 0) is 0 Å². The lowest BCUT2D eigenvalue weighted by atomic mass is 10.5. The fourth-order valence-corrected chi connectivity index (χ4v) is 3.75. The van der Waals surface area contributed by atoms with E-state index in [0.29, 0.717) is 0 Å². The summed E-state index contributed by atoms with van der Waals surface area (Å²) in [4.78, 5) is 10.4. The normalized spacial score (nSPS) is 12.4. The molecular weight excluding hydrogens is 312 g/mol. The standard InChI is InChI=1S/C8H14N4O6S2/c1-19(15,16)2-3-20(17,18)9-4-7-5-12(11-10-7)6-8(13)14/h5,9H,2-4,6H2,1H3,(H,13,14). The Hall–Kier alpha value is -1.53. The van der Waals surface area contributed by atoms with E-state index in [1.165, 1.54) is 6.20 Å². The Morgan fingerprint density at radius 1 is 1.35 bits per heavy atom. The van der Waals surface area contributed by atoms with Crippen LogP contribution in [-0.4, -0.2) is 60.7 Å². The monoisotopic (exact) mass is 326 g/mol. The molecule has 1 aromatic rings. The second-order valence-electron chi connectivity index (χ2n) is 4.07. The van der Waals surface area contributed by atoms with Gasteiger partial charge in [-0.3, -0.25) is 4.79 Å². The maximum atomic E-state index is 11.5. The number of sulfone groups is 1. The Labute approximate surface area is 115 Å². The lowest BCUT2D eigenvalue weighted by Crippen LogP contribution is -2.29. The van der Waals surface area contributed by atoms with E-state index in [0.717, 1.165) is 10.9 Å². The van der Waals surface area contributed by atoms with E-state index in [-0.39, 0.29) is 18.8 Å². The van der Waals surface area contributed by atoms with Gasteiger partial charge < -0.3 is 5.11 Å². The summed E-state index contributed by atoms with van der Waals surface area (Å²) in [5, 5.41) is 15.6. The molecule has 1 rings (SSSR count). The van der Waals surface area contributed by atoms with Crippen molar-refractivity contribution < 1.29 is 26.7 Å². The Bertz CT molecular complexity index is 678. The molecule has 0 unspecified atom stereocenters. The van der Waals surface area contributed by atoms with Gasteiger partial charge in [-0.1, -0.05) is 5.21 Å². The van der Waals surface area contributed by atoms with Gasteiger partial charge in [0.05, 0.1) is 29.9 Å². The number of carbonyl (C=O) groups is 1. The Morgan fingerprint density at radius 3 is 2.55 bits per heavy atom. The van der Waals surface area contributed by atoms with E-state index in [2.05, 4.69) is 15.0 Å². The van der Waals surface area contributed by atoms with Crippen LogP contribution in [0.4, 0.5) is 0 Å². The molecule has 0 saturated heterocycles. The number of carboxylic acids is 1. The van der Waals surface area contributed by atoms with Crippen LogP contribution < -0.4 is 4.72 Å². The minimum absolute atomic E-state index is 0.189. The SMILES string of the molecule is CS(=O)(=O)CCS(=O)(=O)NCc1cn(CC(=O)O)nn1. The van der Waals surface area contributed by atoms with Gasteiger partial charge in [0.25, 0.3) is 0 Å². The summed E-state index contributed by atoms with van der Waals surface area (Å²) in [5.74, 6) is -2.13.